The zero-order valence-electron chi connectivity index (χ0n) is 17.5. The molecule has 1 fully saturated rings. The molecule has 0 aromatic heterocycles. The van der Waals surface area contributed by atoms with E-state index in [-0.39, 0.29) is 12.2 Å². The lowest BCUT2D eigenvalue weighted by molar-refractivity contribution is -0.277. The third-order valence-corrected chi connectivity index (χ3v) is 5.11. The van der Waals surface area contributed by atoms with Crippen LogP contribution in [0.3, 0.4) is 0 Å². The minimum absolute atomic E-state index is 0.0964. The Kier molecular flexibility index (Phi) is 9.79. The van der Waals surface area contributed by atoms with Gasteiger partial charge in [-0.2, -0.15) is 0 Å². The minimum atomic E-state index is -1.72. The lowest BCUT2D eigenvalue weighted by Gasteiger charge is -2.39. The topological polar surface area (TPSA) is 166 Å². The van der Waals surface area contributed by atoms with E-state index in [1.807, 2.05) is 0 Å². The van der Waals surface area contributed by atoms with Gasteiger partial charge < -0.3 is 44.8 Å². The van der Waals surface area contributed by atoms with Gasteiger partial charge in [0.15, 0.2) is 11.5 Å². The van der Waals surface area contributed by atoms with Gasteiger partial charge in [-0.25, -0.2) is 4.79 Å². The second-order valence-electron chi connectivity index (χ2n) is 7.56. The second-order valence-corrected chi connectivity index (χ2v) is 7.56. The Balaban J connectivity index is 2.01. The van der Waals surface area contributed by atoms with Crippen LogP contribution in [0.5, 0.6) is 17.2 Å². The standard InChI is InChI=1S/C21H32O10/c1-2-3-4-5-6-7-8-29-20(28)12-9-13(23)16(24)14(10-12)30-21-19(27)18(26)17(25)15(11-22)31-21/h9-10,15,17-19,21-27H,2-8,11H2,1H3/t15-,17-,18+,19-,21-/m1/s1. The molecule has 5 atom stereocenters. The zero-order chi connectivity index (χ0) is 23.0. The van der Waals surface area contributed by atoms with E-state index >= 15 is 0 Å². The first-order valence-corrected chi connectivity index (χ1v) is 10.5. The number of esters is 1. The Morgan fingerprint density at radius 2 is 1.68 bits per heavy atom. The predicted molar refractivity (Wildman–Crippen MR) is 108 cm³/mol. The molecule has 1 aliphatic heterocycles. The third-order valence-electron chi connectivity index (χ3n) is 5.11. The zero-order valence-corrected chi connectivity index (χ0v) is 17.5. The van der Waals surface area contributed by atoms with Gasteiger partial charge in [-0.1, -0.05) is 39.0 Å². The maximum absolute atomic E-state index is 12.3. The summed E-state index contributed by atoms with van der Waals surface area (Å²) in [6.07, 6.45) is -1.65. The van der Waals surface area contributed by atoms with Crippen molar-refractivity contribution in [2.75, 3.05) is 13.2 Å². The van der Waals surface area contributed by atoms with E-state index in [0.29, 0.717) is 6.42 Å². The van der Waals surface area contributed by atoms with Crippen molar-refractivity contribution < 1.29 is 49.6 Å². The number of phenols is 2. The Morgan fingerprint density at radius 3 is 2.35 bits per heavy atom. The van der Waals surface area contributed by atoms with Crippen LogP contribution in [0.25, 0.3) is 0 Å². The van der Waals surface area contributed by atoms with Crippen LogP contribution in [0.2, 0.25) is 0 Å². The van der Waals surface area contributed by atoms with Crippen molar-refractivity contribution in [3.63, 3.8) is 0 Å². The van der Waals surface area contributed by atoms with E-state index < -0.39 is 60.5 Å². The molecule has 0 spiro atoms. The number of rotatable bonds is 11. The lowest BCUT2D eigenvalue weighted by atomic mass is 9.99. The van der Waals surface area contributed by atoms with Crippen molar-refractivity contribution in [2.45, 2.75) is 76.2 Å². The molecule has 1 saturated heterocycles. The molecule has 1 aliphatic rings. The summed E-state index contributed by atoms with van der Waals surface area (Å²) in [7, 11) is 0. The summed E-state index contributed by atoms with van der Waals surface area (Å²) in [5.41, 5.74) is -0.0964. The molecule has 1 aromatic carbocycles. The number of unbranched alkanes of at least 4 members (excludes halogenated alkanes) is 5. The highest BCUT2D eigenvalue weighted by Gasteiger charge is 2.45. The highest BCUT2D eigenvalue weighted by atomic mass is 16.7. The van der Waals surface area contributed by atoms with Gasteiger partial charge >= 0.3 is 5.97 Å². The molecule has 0 saturated carbocycles. The van der Waals surface area contributed by atoms with Gasteiger partial charge in [0.2, 0.25) is 12.0 Å². The molecule has 10 nitrogen and oxygen atoms in total. The number of aliphatic hydroxyl groups is 4. The summed E-state index contributed by atoms with van der Waals surface area (Å²) >= 11 is 0. The molecule has 0 unspecified atom stereocenters. The maximum Gasteiger partial charge on any atom is 0.338 e. The SMILES string of the molecule is CCCCCCCCOC(=O)c1cc(O)c(O)c(O[C@@H]2O[C@H](CO)[C@@H](O)[C@H](O)[C@H]2O)c1. The number of phenolic OH excluding ortho intramolecular Hbond substituents is 2. The molecule has 0 amide bonds. The highest BCUT2D eigenvalue weighted by Crippen LogP contribution is 2.38. The van der Waals surface area contributed by atoms with Crippen LogP contribution in [-0.4, -0.2) is 80.5 Å². The molecular weight excluding hydrogens is 412 g/mol. The van der Waals surface area contributed by atoms with E-state index in [1.165, 1.54) is 6.42 Å². The summed E-state index contributed by atoms with van der Waals surface area (Å²) < 4.78 is 15.7. The maximum atomic E-state index is 12.3. The van der Waals surface area contributed by atoms with Gasteiger partial charge in [0, 0.05) is 0 Å². The van der Waals surface area contributed by atoms with Crippen molar-refractivity contribution in [1.82, 2.24) is 0 Å². The molecule has 0 bridgehead atoms. The molecule has 31 heavy (non-hydrogen) atoms. The van der Waals surface area contributed by atoms with Crippen LogP contribution >= 0.6 is 0 Å². The number of aromatic hydroxyl groups is 2. The molecule has 1 heterocycles. The normalized spacial score (nSPS) is 25.9. The predicted octanol–water partition coefficient (Wildman–Crippen LogP) is 0.794. The molecule has 0 aliphatic carbocycles. The average Bonchev–Trinajstić information content (AvgIpc) is 2.76. The molecule has 6 N–H and O–H groups in total. The van der Waals surface area contributed by atoms with E-state index in [9.17, 15) is 35.4 Å². The van der Waals surface area contributed by atoms with Gasteiger partial charge in [-0.15, -0.1) is 0 Å². The highest BCUT2D eigenvalue weighted by molar-refractivity contribution is 5.91. The van der Waals surface area contributed by atoms with Gasteiger partial charge in [-0.3, -0.25) is 0 Å². The first-order chi connectivity index (χ1) is 14.8. The van der Waals surface area contributed by atoms with Crippen LogP contribution in [-0.2, 0) is 9.47 Å². The van der Waals surface area contributed by atoms with E-state index in [0.717, 1.165) is 37.8 Å². The number of ether oxygens (including phenoxy) is 3. The lowest BCUT2D eigenvalue weighted by Crippen LogP contribution is -2.60. The smallest absolute Gasteiger partial charge is 0.338 e. The summed E-state index contributed by atoms with van der Waals surface area (Å²) in [5.74, 6) is -2.52. The summed E-state index contributed by atoms with van der Waals surface area (Å²) in [4.78, 5) is 12.3. The number of hydrogen-bond donors (Lipinski definition) is 6. The fourth-order valence-corrected chi connectivity index (χ4v) is 3.22. The fraction of sp³-hybridized carbons (Fsp3) is 0.667. The van der Waals surface area contributed by atoms with Crippen LogP contribution in [0.1, 0.15) is 55.8 Å². The molecular formula is C21H32O10. The Hall–Kier alpha value is -2.11. The second kappa shape index (κ2) is 12.1. The van der Waals surface area contributed by atoms with Crippen LogP contribution in [0, 0.1) is 0 Å². The average molecular weight is 444 g/mol. The third kappa shape index (κ3) is 6.68. The van der Waals surface area contributed by atoms with E-state index in [1.54, 1.807) is 0 Å². The molecule has 0 radical (unpaired) electrons. The first kappa shape index (κ1) is 25.2. The Labute approximate surface area is 180 Å². The number of aliphatic hydroxyl groups excluding tert-OH is 4. The van der Waals surface area contributed by atoms with Crippen molar-refractivity contribution in [3.8, 4) is 17.2 Å². The van der Waals surface area contributed by atoms with Crippen LogP contribution in [0.4, 0.5) is 0 Å². The summed E-state index contributed by atoms with van der Waals surface area (Å²) in [6.45, 7) is 1.67. The van der Waals surface area contributed by atoms with Crippen LogP contribution in [0.15, 0.2) is 12.1 Å². The largest absolute Gasteiger partial charge is 0.504 e. The van der Waals surface area contributed by atoms with Crippen molar-refractivity contribution >= 4 is 5.97 Å². The molecule has 2 rings (SSSR count). The van der Waals surface area contributed by atoms with Crippen LogP contribution < -0.4 is 4.74 Å². The van der Waals surface area contributed by atoms with E-state index in [4.69, 9.17) is 14.2 Å². The number of hydrogen-bond acceptors (Lipinski definition) is 10. The minimum Gasteiger partial charge on any atom is -0.504 e. The number of carbonyl (C=O) groups excluding carboxylic acids is 1. The van der Waals surface area contributed by atoms with Gasteiger partial charge in [0.05, 0.1) is 18.8 Å². The van der Waals surface area contributed by atoms with Crippen molar-refractivity contribution in [2.24, 2.45) is 0 Å². The monoisotopic (exact) mass is 444 g/mol. The molecule has 176 valence electrons. The Morgan fingerprint density at radius 1 is 1.00 bits per heavy atom. The summed E-state index contributed by atoms with van der Waals surface area (Å²) in [5, 5.41) is 59.0. The van der Waals surface area contributed by atoms with E-state index in [2.05, 4.69) is 6.92 Å². The number of benzene rings is 1. The van der Waals surface area contributed by atoms with Gasteiger partial charge in [-0.05, 0) is 18.6 Å². The number of carbonyl (C=O) groups is 1. The first-order valence-electron chi connectivity index (χ1n) is 10.5. The molecule has 10 heteroatoms. The fourth-order valence-electron chi connectivity index (χ4n) is 3.22. The summed E-state index contributed by atoms with van der Waals surface area (Å²) in [6, 6.07) is 2.11. The van der Waals surface area contributed by atoms with Crippen molar-refractivity contribution in [1.29, 1.82) is 0 Å². The Bertz CT molecular complexity index is 708. The van der Waals surface area contributed by atoms with Crippen molar-refractivity contribution in [3.05, 3.63) is 17.7 Å². The molecule has 1 aromatic rings. The van der Waals surface area contributed by atoms with Gasteiger partial charge in [0.25, 0.3) is 0 Å². The van der Waals surface area contributed by atoms with Gasteiger partial charge in [0.1, 0.15) is 24.4 Å². The quantitative estimate of drug-likeness (QED) is 0.163.